The second-order valence-corrected chi connectivity index (χ2v) is 3.66. The van der Waals surface area contributed by atoms with E-state index in [9.17, 15) is 4.79 Å². The van der Waals surface area contributed by atoms with Gasteiger partial charge >= 0.3 is 5.97 Å². The fraction of sp³-hybridized carbons (Fsp3) is 0.273. The minimum atomic E-state index is -0.918. The van der Waals surface area contributed by atoms with Gasteiger partial charge in [0.05, 0.1) is 11.3 Å². The van der Waals surface area contributed by atoms with Crippen LogP contribution >= 0.6 is 0 Å². The van der Waals surface area contributed by atoms with Gasteiger partial charge in [-0.3, -0.25) is 4.79 Å². The number of hydrogen-bond donors (Lipinski definition) is 1. The molecule has 0 unspecified atom stereocenters. The second kappa shape index (κ2) is 3.84. The maximum atomic E-state index is 10.6. The van der Waals surface area contributed by atoms with Crippen molar-refractivity contribution in [2.24, 2.45) is 7.05 Å². The molecule has 0 aliphatic rings. The van der Waals surface area contributed by atoms with Crippen molar-refractivity contribution in [1.29, 1.82) is 0 Å². The predicted octanol–water partition coefficient (Wildman–Crippen LogP) is 1.62. The van der Waals surface area contributed by atoms with Crippen molar-refractivity contribution in [3.05, 3.63) is 29.9 Å². The average Bonchev–Trinajstić information content (AvgIpc) is 2.74. The maximum Gasteiger partial charge on any atom is 0.311 e. The van der Waals surface area contributed by atoms with Crippen molar-refractivity contribution < 1.29 is 14.3 Å². The Labute approximate surface area is 92.3 Å². The third kappa shape index (κ3) is 1.98. The first-order chi connectivity index (χ1) is 7.56. The standard InChI is InChI=1S/C11H12N2O3/c1-7-9(5-10(14)15)16-11(12-7)8-3-4-13(2)6-8/h3-4,6H,5H2,1-2H3,(H,14,15). The third-order valence-corrected chi connectivity index (χ3v) is 2.28. The number of carboxylic acids is 1. The molecule has 0 atom stereocenters. The van der Waals surface area contributed by atoms with Gasteiger partial charge in [0.2, 0.25) is 5.89 Å². The molecule has 2 rings (SSSR count). The Kier molecular flexibility index (Phi) is 2.52. The van der Waals surface area contributed by atoms with Crippen LogP contribution in [0, 0.1) is 6.92 Å². The summed E-state index contributed by atoms with van der Waals surface area (Å²) in [5.74, 6) is -0.0421. The van der Waals surface area contributed by atoms with Crippen LogP contribution in [0.15, 0.2) is 22.9 Å². The smallest absolute Gasteiger partial charge is 0.311 e. The van der Waals surface area contributed by atoms with Crippen LogP contribution in [0.3, 0.4) is 0 Å². The predicted molar refractivity (Wildman–Crippen MR) is 57.0 cm³/mol. The summed E-state index contributed by atoms with van der Waals surface area (Å²) in [6.07, 6.45) is 3.62. The molecular formula is C11H12N2O3. The molecule has 0 aromatic carbocycles. The molecule has 0 aliphatic heterocycles. The zero-order valence-electron chi connectivity index (χ0n) is 9.10. The van der Waals surface area contributed by atoms with Gasteiger partial charge in [0.15, 0.2) is 0 Å². The highest BCUT2D eigenvalue weighted by Gasteiger charge is 2.14. The van der Waals surface area contributed by atoms with E-state index in [1.807, 2.05) is 30.1 Å². The number of aliphatic carboxylic acids is 1. The van der Waals surface area contributed by atoms with Gasteiger partial charge in [-0.1, -0.05) is 0 Å². The van der Waals surface area contributed by atoms with E-state index in [1.165, 1.54) is 0 Å². The molecule has 84 valence electrons. The zero-order chi connectivity index (χ0) is 11.7. The van der Waals surface area contributed by atoms with E-state index in [1.54, 1.807) is 6.92 Å². The summed E-state index contributed by atoms with van der Waals surface area (Å²) < 4.78 is 7.30. The van der Waals surface area contributed by atoms with Crippen molar-refractivity contribution in [2.75, 3.05) is 0 Å². The van der Waals surface area contributed by atoms with E-state index < -0.39 is 5.97 Å². The first-order valence-electron chi connectivity index (χ1n) is 4.86. The van der Waals surface area contributed by atoms with Gasteiger partial charge in [-0.05, 0) is 13.0 Å². The van der Waals surface area contributed by atoms with E-state index >= 15 is 0 Å². The van der Waals surface area contributed by atoms with Crippen LogP contribution in [-0.2, 0) is 18.3 Å². The third-order valence-electron chi connectivity index (χ3n) is 2.28. The van der Waals surface area contributed by atoms with Gasteiger partial charge in [-0.25, -0.2) is 4.98 Å². The lowest BCUT2D eigenvalue weighted by molar-refractivity contribution is -0.136. The number of nitrogens with zero attached hydrogens (tertiary/aromatic N) is 2. The number of rotatable bonds is 3. The molecule has 0 spiro atoms. The van der Waals surface area contributed by atoms with Crippen LogP contribution in [0.2, 0.25) is 0 Å². The molecule has 5 heteroatoms. The van der Waals surface area contributed by atoms with Gasteiger partial charge in [-0.2, -0.15) is 0 Å². The van der Waals surface area contributed by atoms with E-state index in [4.69, 9.17) is 9.52 Å². The molecule has 0 amide bonds. The first-order valence-corrected chi connectivity index (χ1v) is 4.86. The molecule has 16 heavy (non-hydrogen) atoms. The summed E-state index contributed by atoms with van der Waals surface area (Å²) >= 11 is 0. The van der Waals surface area contributed by atoms with E-state index in [2.05, 4.69) is 4.98 Å². The molecule has 0 saturated heterocycles. The normalized spacial score (nSPS) is 10.6. The van der Waals surface area contributed by atoms with Gasteiger partial charge in [-0.15, -0.1) is 0 Å². The molecule has 0 saturated carbocycles. The Bertz CT molecular complexity index is 525. The number of hydrogen-bond acceptors (Lipinski definition) is 3. The van der Waals surface area contributed by atoms with E-state index in [-0.39, 0.29) is 6.42 Å². The van der Waals surface area contributed by atoms with Crippen molar-refractivity contribution in [1.82, 2.24) is 9.55 Å². The summed E-state index contributed by atoms with van der Waals surface area (Å²) in [4.78, 5) is 14.8. The lowest BCUT2D eigenvalue weighted by atomic mass is 10.3. The molecule has 0 aliphatic carbocycles. The monoisotopic (exact) mass is 220 g/mol. The molecule has 1 N–H and O–H groups in total. The largest absolute Gasteiger partial charge is 0.481 e. The van der Waals surface area contributed by atoms with Crippen molar-refractivity contribution in [3.8, 4) is 11.5 Å². The van der Waals surface area contributed by atoms with Crippen LogP contribution in [0.4, 0.5) is 0 Å². The maximum absolute atomic E-state index is 10.6. The van der Waals surface area contributed by atoms with Gasteiger partial charge < -0.3 is 14.1 Å². The van der Waals surface area contributed by atoms with Crippen LogP contribution in [0.5, 0.6) is 0 Å². The minimum absolute atomic E-state index is 0.133. The summed E-state index contributed by atoms with van der Waals surface area (Å²) in [7, 11) is 1.90. The first kappa shape index (κ1) is 10.5. The SMILES string of the molecule is Cc1nc(-c2ccn(C)c2)oc1CC(=O)O. The number of carbonyl (C=O) groups is 1. The number of carboxylic acid groups (broad SMARTS) is 1. The highest BCUT2D eigenvalue weighted by Crippen LogP contribution is 2.22. The quantitative estimate of drug-likeness (QED) is 0.853. The fourth-order valence-corrected chi connectivity index (χ4v) is 1.48. The van der Waals surface area contributed by atoms with Gasteiger partial charge in [0.1, 0.15) is 12.2 Å². The van der Waals surface area contributed by atoms with Crippen molar-refractivity contribution >= 4 is 5.97 Å². The average molecular weight is 220 g/mol. The fourth-order valence-electron chi connectivity index (χ4n) is 1.48. The molecule has 5 nitrogen and oxygen atoms in total. The van der Waals surface area contributed by atoms with Crippen LogP contribution in [0.1, 0.15) is 11.5 Å². The second-order valence-electron chi connectivity index (χ2n) is 3.66. The Morgan fingerprint density at radius 2 is 2.38 bits per heavy atom. The molecule has 2 aromatic rings. The lowest BCUT2D eigenvalue weighted by Gasteiger charge is -1.90. The number of aryl methyl sites for hydroxylation is 2. The summed E-state index contributed by atoms with van der Waals surface area (Å²) in [5, 5.41) is 8.68. The van der Waals surface area contributed by atoms with Crippen LogP contribution < -0.4 is 0 Å². The molecular weight excluding hydrogens is 208 g/mol. The summed E-state index contributed by atoms with van der Waals surface area (Å²) in [5.41, 5.74) is 1.48. The Balaban J connectivity index is 2.33. The van der Waals surface area contributed by atoms with E-state index in [0.29, 0.717) is 17.3 Å². The highest BCUT2D eigenvalue weighted by atomic mass is 16.4. The van der Waals surface area contributed by atoms with Gasteiger partial charge in [0.25, 0.3) is 0 Å². The number of aromatic nitrogens is 2. The van der Waals surface area contributed by atoms with Crippen LogP contribution in [0.25, 0.3) is 11.5 Å². The molecule has 0 bridgehead atoms. The van der Waals surface area contributed by atoms with Gasteiger partial charge in [0, 0.05) is 19.4 Å². The summed E-state index contributed by atoms with van der Waals surface area (Å²) in [6.45, 7) is 1.74. The molecule has 2 aromatic heterocycles. The Morgan fingerprint density at radius 3 is 2.94 bits per heavy atom. The molecule has 2 heterocycles. The molecule has 0 fully saturated rings. The number of oxazole rings is 1. The van der Waals surface area contributed by atoms with Crippen molar-refractivity contribution in [3.63, 3.8) is 0 Å². The minimum Gasteiger partial charge on any atom is -0.481 e. The van der Waals surface area contributed by atoms with E-state index in [0.717, 1.165) is 5.56 Å². The molecule has 0 radical (unpaired) electrons. The highest BCUT2D eigenvalue weighted by molar-refractivity contribution is 5.69. The Hall–Kier alpha value is -2.04. The summed E-state index contributed by atoms with van der Waals surface area (Å²) in [6, 6.07) is 1.87. The lowest BCUT2D eigenvalue weighted by Crippen LogP contribution is -1.99. The topological polar surface area (TPSA) is 68.3 Å². The Morgan fingerprint density at radius 1 is 1.62 bits per heavy atom. The zero-order valence-corrected chi connectivity index (χ0v) is 9.10. The van der Waals surface area contributed by atoms with Crippen molar-refractivity contribution in [2.45, 2.75) is 13.3 Å². The van der Waals surface area contributed by atoms with Crippen LogP contribution in [-0.4, -0.2) is 20.6 Å².